The molecule has 0 saturated heterocycles. The van der Waals surface area contributed by atoms with E-state index in [-0.39, 0.29) is 5.91 Å². The summed E-state index contributed by atoms with van der Waals surface area (Å²) in [6, 6.07) is 6.89. The van der Waals surface area contributed by atoms with E-state index in [9.17, 15) is 9.59 Å². The molecule has 0 radical (unpaired) electrons. The highest BCUT2D eigenvalue weighted by Crippen LogP contribution is 2.26. The van der Waals surface area contributed by atoms with Gasteiger partial charge in [-0.1, -0.05) is 6.07 Å². The second-order valence-electron chi connectivity index (χ2n) is 4.09. The lowest BCUT2D eigenvalue weighted by molar-refractivity contribution is 0.0785. The van der Waals surface area contributed by atoms with Gasteiger partial charge in [0.1, 0.15) is 0 Å². The number of nitrogens with zero attached hydrogens (tertiary/aromatic N) is 1. The van der Waals surface area contributed by atoms with Gasteiger partial charge in [-0.3, -0.25) is 9.59 Å². The lowest BCUT2D eigenvalue weighted by atomic mass is 10.1. The predicted molar refractivity (Wildman–Crippen MR) is 60.1 cm³/mol. The third kappa shape index (κ3) is 2.05. The van der Waals surface area contributed by atoms with Crippen LogP contribution in [0.15, 0.2) is 24.3 Å². The quantitative estimate of drug-likeness (QED) is 0.823. The fourth-order valence-electron chi connectivity index (χ4n) is 1.64. The van der Waals surface area contributed by atoms with Crippen molar-refractivity contribution in [2.75, 3.05) is 7.05 Å². The maximum Gasteiger partial charge on any atom is 0.253 e. The molecule has 0 aliphatic heterocycles. The number of carbonyl (C=O) groups excluding carboxylic acids is 2. The molecule has 1 aliphatic carbocycles. The monoisotopic (exact) mass is 218 g/mol. The summed E-state index contributed by atoms with van der Waals surface area (Å²) in [5.74, 6) is -0.561. The van der Waals surface area contributed by atoms with Crippen LogP contribution >= 0.6 is 0 Å². The molecular weight excluding hydrogens is 204 g/mol. The summed E-state index contributed by atoms with van der Waals surface area (Å²) in [6.07, 6.45) is 2.13. The van der Waals surface area contributed by atoms with Crippen molar-refractivity contribution in [3.63, 3.8) is 0 Å². The van der Waals surface area contributed by atoms with Gasteiger partial charge in [-0.2, -0.15) is 0 Å². The zero-order valence-corrected chi connectivity index (χ0v) is 9.14. The molecule has 84 valence electrons. The molecule has 2 N–H and O–H groups in total. The molecule has 1 fully saturated rings. The van der Waals surface area contributed by atoms with E-state index in [0.717, 1.165) is 12.8 Å². The van der Waals surface area contributed by atoms with Crippen LogP contribution in [-0.4, -0.2) is 29.8 Å². The standard InChI is InChI=1S/C12H14N2O2/c1-14(10-5-6-10)12(16)9-4-2-3-8(7-9)11(13)15/h2-4,7,10H,5-6H2,1H3,(H2,13,15). The van der Waals surface area contributed by atoms with E-state index in [1.54, 1.807) is 36.2 Å². The SMILES string of the molecule is CN(C(=O)c1cccc(C(N)=O)c1)C1CC1. The maximum absolute atomic E-state index is 12.0. The van der Waals surface area contributed by atoms with Crippen molar-refractivity contribution in [2.45, 2.75) is 18.9 Å². The van der Waals surface area contributed by atoms with Crippen LogP contribution in [0.1, 0.15) is 33.6 Å². The van der Waals surface area contributed by atoms with Crippen molar-refractivity contribution in [3.8, 4) is 0 Å². The average molecular weight is 218 g/mol. The van der Waals surface area contributed by atoms with Gasteiger partial charge in [0, 0.05) is 24.2 Å². The first-order chi connectivity index (χ1) is 7.59. The lowest BCUT2D eigenvalue weighted by Gasteiger charge is -2.16. The van der Waals surface area contributed by atoms with Crippen LogP contribution in [0.3, 0.4) is 0 Å². The zero-order valence-electron chi connectivity index (χ0n) is 9.14. The number of carbonyl (C=O) groups is 2. The number of rotatable bonds is 3. The Morgan fingerprint density at radius 3 is 2.50 bits per heavy atom. The third-order valence-corrected chi connectivity index (χ3v) is 2.81. The maximum atomic E-state index is 12.0. The molecular formula is C12H14N2O2. The summed E-state index contributed by atoms with van der Waals surface area (Å²) >= 11 is 0. The Hall–Kier alpha value is -1.84. The van der Waals surface area contributed by atoms with Gasteiger partial charge in [-0.05, 0) is 31.0 Å². The van der Waals surface area contributed by atoms with Crippen LogP contribution < -0.4 is 5.73 Å². The zero-order chi connectivity index (χ0) is 11.7. The molecule has 4 heteroatoms. The van der Waals surface area contributed by atoms with Crippen LogP contribution in [0.25, 0.3) is 0 Å². The molecule has 0 bridgehead atoms. The molecule has 0 aromatic heterocycles. The molecule has 1 saturated carbocycles. The first-order valence-electron chi connectivity index (χ1n) is 5.26. The molecule has 1 aromatic rings. The molecule has 0 unspecified atom stereocenters. The minimum absolute atomic E-state index is 0.0504. The normalized spacial score (nSPS) is 14.6. The van der Waals surface area contributed by atoms with Crippen molar-refractivity contribution >= 4 is 11.8 Å². The van der Waals surface area contributed by atoms with Gasteiger partial charge >= 0.3 is 0 Å². The van der Waals surface area contributed by atoms with E-state index >= 15 is 0 Å². The van der Waals surface area contributed by atoms with E-state index in [1.807, 2.05) is 0 Å². The summed E-state index contributed by atoms with van der Waals surface area (Å²) in [4.78, 5) is 24.7. The summed E-state index contributed by atoms with van der Waals surface area (Å²) in [6.45, 7) is 0. The van der Waals surface area contributed by atoms with E-state index in [1.165, 1.54) is 0 Å². The fourth-order valence-corrected chi connectivity index (χ4v) is 1.64. The minimum Gasteiger partial charge on any atom is -0.366 e. The van der Waals surface area contributed by atoms with E-state index in [4.69, 9.17) is 5.73 Å². The molecule has 0 atom stereocenters. The Kier molecular flexibility index (Phi) is 2.64. The Balaban J connectivity index is 2.22. The molecule has 2 rings (SSSR count). The van der Waals surface area contributed by atoms with E-state index in [0.29, 0.717) is 17.2 Å². The molecule has 0 spiro atoms. The van der Waals surface area contributed by atoms with Crippen LogP contribution in [0.2, 0.25) is 0 Å². The second kappa shape index (κ2) is 3.96. The highest BCUT2D eigenvalue weighted by Gasteiger charge is 2.30. The smallest absolute Gasteiger partial charge is 0.253 e. The number of amides is 2. The van der Waals surface area contributed by atoms with Gasteiger partial charge in [0.05, 0.1) is 0 Å². The van der Waals surface area contributed by atoms with Crippen molar-refractivity contribution in [1.29, 1.82) is 0 Å². The number of hydrogen-bond donors (Lipinski definition) is 1. The van der Waals surface area contributed by atoms with Gasteiger partial charge in [0.15, 0.2) is 0 Å². The Morgan fingerprint density at radius 1 is 1.31 bits per heavy atom. The van der Waals surface area contributed by atoms with Gasteiger partial charge in [-0.25, -0.2) is 0 Å². The van der Waals surface area contributed by atoms with Crippen molar-refractivity contribution in [3.05, 3.63) is 35.4 Å². The summed E-state index contributed by atoms with van der Waals surface area (Å²) < 4.78 is 0. The third-order valence-electron chi connectivity index (χ3n) is 2.81. The first-order valence-corrected chi connectivity index (χ1v) is 5.26. The van der Waals surface area contributed by atoms with Crippen LogP contribution in [-0.2, 0) is 0 Å². The number of primary amides is 1. The molecule has 16 heavy (non-hydrogen) atoms. The lowest BCUT2D eigenvalue weighted by Crippen LogP contribution is -2.29. The van der Waals surface area contributed by atoms with Crippen LogP contribution in [0.5, 0.6) is 0 Å². The highest BCUT2D eigenvalue weighted by atomic mass is 16.2. The molecule has 1 aliphatic rings. The molecule has 1 aromatic carbocycles. The fraction of sp³-hybridized carbons (Fsp3) is 0.333. The predicted octanol–water partition coefficient (Wildman–Crippen LogP) is 1.02. The topological polar surface area (TPSA) is 63.4 Å². The summed E-state index contributed by atoms with van der Waals surface area (Å²) in [5, 5.41) is 0. The summed E-state index contributed by atoms with van der Waals surface area (Å²) in [5.41, 5.74) is 6.06. The molecule has 4 nitrogen and oxygen atoms in total. The second-order valence-corrected chi connectivity index (χ2v) is 4.09. The first kappa shape index (κ1) is 10.7. The number of nitrogens with two attached hydrogens (primary N) is 1. The van der Waals surface area contributed by atoms with Gasteiger partial charge in [0.2, 0.25) is 5.91 Å². The average Bonchev–Trinajstić information content (AvgIpc) is 3.11. The highest BCUT2D eigenvalue weighted by molar-refractivity contribution is 5.99. The van der Waals surface area contributed by atoms with Crippen LogP contribution in [0.4, 0.5) is 0 Å². The van der Waals surface area contributed by atoms with Crippen molar-refractivity contribution < 1.29 is 9.59 Å². The van der Waals surface area contributed by atoms with Crippen LogP contribution in [0, 0.1) is 0 Å². The van der Waals surface area contributed by atoms with Gasteiger partial charge in [-0.15, -0.1) is 0 Å². The van der Waals surface area contributed by atoms with Gasteiger partial charge in [0.25, 0.3) is 5.91 Å². The largest absolute Gasteiger partial charge is 0.366 e. The molecule has 0 heterocycles. The Labute approximate surface area is 94.0 Å². The Morgan fingerprint density at radius 2 is 1.94 bits per heavy atom. The number of benzene rings is 1. The van der Waals surface area contributed by atoms with E-state index < -0.39 is 5.91 Å². The number of hydrogen-bond acceptors (Lipinski definition) is 2. The summed E-state index contributed by atoms with van der Waals surface area (Å²) in [7, 11) is 1.79. The minimum atomic E-state index is -0.510. The van der Waals surface area contributed by atoms with Crippen molar-refractivity contribution in [1.82, 2.24) is 4.90 Å². The Bertz CT molecular complexity index is 438. The van der Waals surface area contributed by atoms with Crippen molar-refractivity contribution in [2.24, 2.45) is 5.73 Å². The van der Waals surface area contributed by atoms with E-state index in [2.05, 4.69) is 0 Å². The molecule has 2 amide bonds. The van der Waals surface area contributed by atoms with Gasteiger partial charge < -0.3 is 10.6 Å².